The number of nitrogens with two attached hydrogens (primary N) is 1. The number of carbonyl (C=O) groups excluding carboxylic acids is 1. The first-order chi connectivity index (χ1) is 6.70. The van der Waals surface area contributed by atoms with E-state index in [4.69, 9.17) is 17.4 Å². The van der Waals surface area contributed by atoms with Gasteiger partial charge < -0.3 is 0 Å². The van der Waals surface area contributed by atoms with Crippen LogP contribution in [-0.2, 0) is 4.79 Å². The summed E-state index contributed by atoms with van der Waals surface area (Å²) in [4.78, 5) is 11.2. The molecule has 0 aromatic heterocycles. The normalized spacial score (nSPS) is 21.7. The third kappa shape index (κ3) is 1.49. The molecular formula is C10H11ClN2O. The molecule has 3 nitrogen and oxygen atoms in total. The number of rotatable bonds is 1. The largest absolute Gasteiger partial charge is 0.273 e. The van der Waals surface area contributed by atoms with Gasteiger partial charge in [0.15, 0.2) is 0 Å². The summed E-state index contributed by atoms with van der Waals surface area (Å²) >= 11 is 6.02. The van der Waals surface area contributed by atoms with Crippen LogP contribution < -0.4 is 5.84 Å². The van der Waals surface area contributed by atoms with E-state index in [0.717, 1.165) is 12.0 Å². The van der Waals surface area contributed by atoms with Crippen LogP contribution in [0.1, 0.15) is 24.4 Å². The van der Waals surface area contributed by atoms with Crippen molar-refractivity contribution in [2.75, 3.05) is 0 Å². The van der Waals surface area contributed by atoms with Gasteiger partial charge in [-0.15, -0.1) is 0 Å². The summed E-state index contributed by atoms with van der Waals surface area (Å²) in [7, 11) is 0. The molecule has 1 fully saturated rings. The highest BCUT2D eigenvalue weighted by atomic mass is 35.5. The van der Waals surface area contributed by atoms with Crippen molar-refractivity contribution < 1.29 is 4.79 Å². The van der Waals surface area contributed by atoms with Crippen LogP contribution >= 0.6 is 11.6 Å². The Morgan fingerprint density at radius 2 is 2.14 bits per heavy atom. The second-order valence-electron chi connectivity index (χ2n) is 3.38. The Morgan fingerprint density at radius 1 is 1.43 bits per heavy atom. The molecule has 1 aliphatic rings. The second kappa shape index (κ2) is 3.59. The first-order valence-corrected chi connectivity index (χ1v) is 4.89. The van der Waals surface area contributed by atoms with E-state index in [0.29, 0.717) is 11.4 Å². The fraction of sp³-hybridized carbons (Fsp3) is 0.300. The van der Waals surface area contributed by atoms with Crippen LogP contribution in [-0.4, -0.2) is 10.9 Å². The standard InChI is InChI=1S/C10H11ClN2O/c11-8-4-2-1-3-7(8)9-5-6-10(14)13(9)12/h1-4,9H,5-6,12H2. The molecule has 0 aliphatic carbocycles. The number of hydrogen-bond acceptors (Lipinski definition) is 2. The maximum Gasteiger partial charge on any atom is 0.237 e. The molecule has 4 heteroatoms. The molecule has 2 rings (SSSR count). The zero-order chi connectivity index (χ0) is 10.1. The summed E-state index contributed by atoms with van der Waals surface area (Å²) < 4.78 is 0. The van der Waals surface area contributed by atoms with E-state index in [1.54, 1.807) is 0 Å². The molecule has 74 valence electrons. The summed E-state index contributed by atoms with van der Waals surface area (Å²) in [6.07, 6.45) is 1.26. The van der Waals surface area contributed by atoms with Gasteiger partial charge in [-0.2, -0.15) is 0 Å². The smallest absolute Gasteiger partial charge is 0.237 e. The monoisotopic (exact) mass is 210 g/mol. The van der Waals surface area contributed by atoms with Gasteiger partial charge >= 0.3 is 0 Å². The molecule has 0 bridgehead atoms. The number of amides is 1. The molecule has 1 aromatic rings. The van der Waals surface area contributed by atoms with Gasteiger partial charge in [0.05, 0.1) is 6.04 Å². The number of hydrogen-bond donors (Lipinski definition) is 1. The van der Waals surface area contributed by atoms with Gasteiger partial charge in [0, 0.05) is 11.4 Å². The third-order valence-electron chi connectivity index (χ3n) is 2.52. The fourth-order valence-electron chi connectivity index (χ4n) is 1.75. The zero-order valence-electron chi connectivity index (χ0n) is 7.61. The molecule has 1 aromatic carbocycles. The predicted octanol–water partition coefficient (Wildman–Crippen LogP) is 1.88. The zero-order valence-corrected chi connectivity index (χ0v) is 8.37. The summed E-state index contributed by atoms with van der Waals surface area (Å²) in [5, 5.41) is 1.95. The van der Waals surface area contributed by atoms with Crippen LogP contribution in [0.15, 0.2) is 24.3 Å². The second-order valence-corrected chi connectivity index (χ2v) is 3.78. The molecule has 0 radical (unpaired) electrons. The Morgan fingerprint density at radius 3 is 2.71 bits per heavy atom. The van der Waals surface area contributed by atoms with E-state index in [1.165, 1.54) is 5.01 Å². The Bertz CT molecular complexity index is 367. The van der Waals surface area contributed by atoms with Crippen LogP contribution in [0, 0.1) is 0 Å². The summed E-state index contributed by atoms with van der Waals surface area (Å²) in [6, 6.07) is 7.43. The number of halogens is 1. The van der Waals surface area contributed by atoms with Gasteiger partial charge in [-0.05, 0) is 18.1 Å². The molecule has 2 N–H and O–H groups in total. The summed E-state index contributed by atoms with van der Waals surface area (Å²) in [5.41, 5.74) is 0.933. The predicted molar refractivity (Wildman–Crippen MR) is 54.5 cm³/mol. The number of carbonyl (C=O) groups is 1. The van der Waals surface area contributed by atoms with E-state index in [-0.39, 0.29) is 11.9 Å². The molecule has 1 atom stereocenters. The molecule has 1 aliphatic heterocycles. The average molecular weight is 211 g/mol. The Labute approximate surface area is 87.4 Å². The van der Waals surface area contributed by atoms with Gasteiger partial charge in [0.2, 0.25) is 5.91 Å². The van der Waals surface area contributed by atoms with E-state index >= 15 is 0 Å². The maximum atomic E-state index is 11.2. The minimum absolute atomic E-state index is 0.0186. The Hall–Kier alpha value is -1.06. The summed E-state index contributed by atoms with van der Waals surface area (Å²) in [6.45, 7) is 0. The van der Waals surface area contributed by atoms with Crippen molar-refractivity contribution in [3.63, 3.8) is 0 Å². The summed E-state index contributed by atoms with van der Waals surface area (Å²) in [5.74, 6) is 5.63. The molecule has 0 saturated carbocycles. The molecule has 1 heterocycles. The van der Waals surface area contributed by atoms with Crippen LogP contribution in [0.3, 0.4) is 0 Å². The van der Waals surface area contributed by atoms with Crippen molar-refractivity contribution in [1.29, 1.82) is 0 Å². The van der Waals surface area contributed by atoms with Crippen molar-refractivity contribution in [2.24, 2.45) is 5.84 Å². The average Bonchev–Trinajstić information content (AvgIpc) is 2.49. The van der Waals surface area contributed by atoms with Gasteiger partial charge in [-0.25, -0.2) is 5.84 Å². The molecule has 1 unspecified atom stereocenters. The van der Waals surface area contributed by atoms with Crippen molar-refractivity contribution >= 4 is 17.5 Å². The highest BCUT2D eigenvalue weighted by Crippen LogP contribution is 2.33. The molecule has 1 amide bonds. The first-order valence-electron chi connectivity index (χ1n) is 4.51. The first kappa shape index (κ1) is 9.49. The van der Waals surface area contributed by atoms with Gasteiger partial charge in [0.1, 0.15) is 0 Å². The third-order valence-corrected chi connectivity index (χ3v) is 2.86. The van der Waals surface area contributed by atoms with Crippen molar-refractivity contribution in [2.45, 2.75) is 18.9 Å². The van der Waals surface area contributed by atoms with Crippen molar-refractivity contribution in [1.82, 2.24) is 5.01 Å². The van der Waals surface area contributed by atoms with E-state index < -0.39 is 0 Å². The van der Waals surface area contributed by atoms with Gasteiger partial charge in [-0.1, -0.05) is 29.8 Å². The van der Waals surface area contributed by atoms with Crippen LogP contribution in [0.5, 0.6) is 0 Å². The van der Waals surface area contributed by atoms with Gasteiger partial charge in [0.25, 0.3) is 0 Å². The Balaban J connectivity index is 2.32. The quantitative estimate of drug-likeness (QED) is 0.568. The van der Waals surface area contributed by atoms with Crippen LogP contribution in [0.25, 0.3) is 0 Å². The minimum atomic E-state index is -0.0591. The maximum absolute atomic E-state index is 11.2. The fourth-order valence-corrected chi connectivity index (χ4v) is 2.01. The van der Waals surface area contributed by atoms with E-state index in [1.807, 2.05) is 24.3 Å². The lowest BCUT2D eigenvalue weighted by Gasteiger charge is -2.20. The van der Waals surface area contributed by atoms with Crippen molar-refractivity contribution in [3.8, 4) is 0 Å². The number of hydrazine groups is 1. The SMILES string of the molecule is NN1C(=O)CCC1c1ccccc1Cl. The molecule has 1 saturated heterocycles. The lowest BCUT2D eigenvalue weighted by Crippen LogP contribution is -2.34. The lowest BCUT2D eigenvalue weighted by molar-refractivity contribution is -0.129. The van der Waals surface area contributed by atoms with E-state index in [9.17, 15) is 4.79 Å². The lowest BCUT2D eigenvalue weighted by atomic mass is 10.1. The molecule has 14 heavy (non-hydrogen) atoms. The van der Waals surface area contributed by atoms with Gasteiger partial charge in [-0.3, -0.25) is 9.80 Å². The highest BCUT2D eigenvalue weighted by Gasteiger charge is 2.30. The number of nitrogens with zero attached hydrogens (tertiary/aromatic N) is 1. The Kier molecular flexibility index (Phi) is 2.44. The van der Waals surface area contributed by atoms with Crippen LogP contribution in [0.4, 0.5) is 0 Å². The molecular weight excluding hydrogens is 200 g/mol. The molecule has 0 spiro atoms. The highest BCUT2D eigenvalue weighted by molar-refractivity contribution is 6.31. The van der Waals surface area contributed by atoms with Crippen molar-refractivity contribution in [3.05, 3.63) is 34.9 Å². The van der Waals surface area contributed by atoms with E-state index in [2.05, 4.69) is 0 Å². The number of benzene rings is 1. The topological polar surface area (TPSA) is 46.3 Å². The minimum Gasteiger partial charge on any atom is -0.273 e. The van der Waals surface area contributed by atoms with Crippen LogP contribution in [0.2, 0.25) is 5.02 Å².